The summed E-state index contributed by atoms with van der Waals surface area (Å²) in [6.07, 6.45) is 1.08. The van der Waals surface area contributed by atoms with Crippen molar-refractivity contribution in [2.24, 2.45) is 0 Å². The molecule has 8 heteroatoms. The van der Waals surface area contributed by atoms with Crippen LogP contribution >= 0.6 is 0 Å². The molecule has 30 heavy (non-hydrogen) atoms. The predicted molar refractivity (Wildman–Crippen MR) is 110 cm³/mol. The Morgan fingerprint density at radius 3 is 2.17 bits per heavy atom. The standard InChI is InChI=1S/C22H23NO7/c1-12-15(30-22(25)23(2)3)8-7-14-19(24)16(29-20(12)14)9-13-10-17(26-4)21(28-6)18(11-13)27-5/h7-11H,1-6H3/b16-9-. The van der Waals surface area contributed by atoms with E-state index < -0.39 is 6.09 Å². The molecule has 0 spiro atoms. The van der Waals surface area contributed by atoms with Gasteiger partial charge in [0.15, 0.2) is 17.3 Å². The Kier molecular flexibility index (Phi) is 5.86. The van der Waals surface area contributed by atoms with Crippen LogP contribution in [0.1, 0.15) is 21.5 Å². The molecule has 0 radical (unpaired) electrons. The molecule has 0 atom stereocenters. The Morgan fingerprint density at radius 2 is 1.63 bits per heavy atom. The Balaban J connectivity index is 1.97. The van der Waals surface area contributed by atoms with Gasteiger partial charge in [-0.2, -0.15) is 0 Å². The van der Waals surface area contributed by atoms with E-state index in [1.54, 1.807) is 51.4 Å². The summed E-state index contributed by atoms with van der Waals surface area (Å²) in [6.45, 7) is 1.73. The quantitative estimate of drug-likeness (QED) is 0.691. The summed E-state index contributed by atoms with van der Waals surface area (Å²) >= 11 is 0. The zero-order valence-electron chi connectivity index (χ0n) is 17.7. The van der Waals surface area contributed by atoms with Gasteiger partial charge in [0.2, 0.25) is 11.5 Å². The Hall–Kier alpha value is -3.68. The molecular formula is C22H23NO7. The fourth-order valence-electron chi connectivity index (χ4n) is 3.00. The maximum Gasteiger partial charge on any atom is 0.414 e. The minimum Gasteiger partial charge on any atom is -0.493 e. The van der Waals surface area contributed by atoms with Gasteiger partial charge >= 0.3 is 6.09 Å². The van der Waals surface area contributed by atoms with Gasteiger partial charge in [0, 0.05) is 19.7 Å². The maximum atomic E-state index is 12.8. The number of carbonyl (C=O) groups excluding carboxylic acids is 2. The van der Waals surface area contributed by atoms with E-state index in [2.05, 4.69) is 0 Å². The third-order valence-corrected chi connectivity index (χ3v) is 4.58. The zero-order chi connectivity index (χ0) is 22.0. The van der Waals surface area contributed by atoms with Crippen molar-refractivity contribution >= 4 is 18.0 Å². The molecule has 1 aliphatic rings. The second kappa shape index (κ2) is 8.36. The molecule has 158 valence electrons. The number of fused-ring (bicyclic) bond motifs is 1. The normalized spacial score (nSPS) is 13.5. The van der Waals surface area contributed by atoms with E-state index in [-0.39, 0.29) is 11.5 Å². The highest BCUT2D eigenvalue weighted by molar-refractivity contribution is 6.15. The Labute approximate surface area is 174 Å². The van der Waals surface area contributed by atoms with Crippen molar-refractivity contribution in [1.82, 2.24) is 4.90 Å². The molecule has 0 aromatic heterocycles. The summed E-state index contributed by atoms with van der Waals surface area (Å²) in [5.41, 5.74) is 1.60. The number of hydrogen-bond donors (Lipinski definition) is 0. The molecule has 2 aromatic rings. The molecule has 1 heterocycles. The third-order valence-electron chi connectivity index (χ3n) is 4.58. The number of Topliss-reactive ketones (excluding diaryl/α,β-unsaturated/α-hetero) is 1. The second-order valence-electron chi connectivity index (χ2n) is 6.73. The number of benzene rings is 2. The minimum absolute atomic E-state index is 0.137. The monoisotopic (exact) mass is 413 g/mol. The van der Waals surface area contributed by atoms with Crippen molar-refractivity contribution in [2.75, 3.05) is 35.4 Å². The third kappa shape index (κ3) is 3.76. The highest BCUT2D eigenvalue weighted by atomic mass is 16.6. The molecule has 3 rings (SSSR count). The first-order valence-corrected chi connectivity index (χ1v) is 9.07. The summed E-state index contributed by atoms with van der Waals surface area (Å²) in [6, 6.07) is 6.59. The average Bonchev–Trinajstić information content (AvgIpc) is 3.05. The molecule has 0 aliphatic carbocycles. The Morgan fingerprint density at radius 1 is 1.00 bits per heavy atom. The van der Waals surface area contributed by atoms with Gasteiger partial charge < -0.3 is 28.6 Å². The first kappa shape index (κ1) is 21.0. The first-order chi connectivity index (χ1) is 14.3. The number of allylic oxidation sites excluding steroid dienone is 1. The van der Waals surface area contributed by atoms with E-state index in [0.717, 1.165) is 0 Å². The molecule has 0 saturated carbocycles. The molecule has 0 unspecified atom stereocenters. The molecule has 0 fully saturated rings. The van der Waals surface area contributed by atoms with Crippen LogP contribution in [0.3, 0.4) is 0 Å². The van der Waals surface area contributed by atoms with Crippen LogP contribution in [0.2, 0.25) is 0 Å². The van der Waals surface area contributed by atoms with Gasteiger partial charge in [-0.05, 0) is 42.8 Å². The van der Waals surface area contributed by atoms with Crippen LogP contribution < -0.4 is 23.7 Å². The van der Waals surface area contributed by atoms with Crippen LogP contribution in [-0.2, 0) is 0 Å². The number of methoxy groups -OCH3 is 3. The van der Waals surface area contributed by atoms with Crippen LogP contribution in [0.25, 0.3) is 6.08 Å². The number of ether oxygens (including phenoxy) is 5. The van der Waals surface area contributed by atoms with Crippen LogP contribution in [0, 0.1) is 6.92 Å². The summed E-state index contributed by atoms with van der Waals surface area (Å²) in [4.78, 5) is 26.0. The highest BCUT2D eigenvalue weighted by Crippen LogP contribution is 2.41. The number of carbonyl (C=O) groups is 2. The molecule has 0 saturated heterocycles. The topological polar surface area (TPSA) is 83.5 Å². The fraction of sp³-hybridized carbons (Fsp3) is 0.273. The van der Waals surface area contributed by atoms with Gasteiger partial charge in [-0.1, -0.05) is 0 Å². The van der Waals surface area contributed by atoms with Gasteiger partial charge in [-0.15, -0.1) is 0 Å². The number of hydrogen-bond acceptors (Lipinski definition) is 7. The van der Waals surface area contributed by atoms with Gasteiger partial charge in [-0.3, -0.25) is 4.79 Å². The molecule has 0 N–H and O–H groups in total. The lowest BCUT2D eigenvalue weighted by molar-refractivity contribution is 0.101. The lowest BCUT2D eigenvalue weighted by Gasteiger charge is -2.13. The van der Waals surface area contributed by atoms with E-state index in [1.165, 1.54) is 26.2 Å². The molecule has 2 aromatic carbocycles. The van der Waals surface area contributed by atoms with Crippen molar-refractivity contribution in [3.05, 3.63) is 46.7 Å². The van der Waals surface area contributed by atoms with Gasteiger partial charge in [0.05, 0.1) is 26.9 Å². The van der Waals surface area contributed by atoms with E-state index in [4.69, 9.17) is 23.7 Å². The van der Waals surface area contributed by atoms with Crippen LogP contribution in [0.15, 0.2) is 30.0 Å². The molecular weight excluding hydrogens is 390 g/mol. The molecule has 1 aliphatic heterocycles. The second-order valence-corrected chi connectivity index (χ2v) is 6.73. The molecule has 1 amide bonds. The van der Waals surface area contributed by atoms with Gasteiger partial charge in [0.1, 0.15) is 11.5 Å². The van der Waals surface area contributed by atoms with Crippen molar-refractivity contribution in [3.8, 4) is 28.7 Å². The van der Waals surface area contributed by atoms with Gasteiger partial charge in [0.25, 0.3) is 0 Å². The summed E-state index contributed by atoms with van der Waals surface area (Å²) in [7, 11) is 7.72. The van der Waals surface area contributed by atoms with E-state index >= 15 is 0 Å². The van der Waals surface area contributed by atoms with E-state index in [1.807, 2.05) is 0 Å². The summed E-state index contributed by atoms with van der Waals surface area (Å²) in [5.74, 6) is 1.93. The van der Waals surface area contributed by atoms with Gasteiger partial charge in [-0.25, -0.2) is 4.79 Å². The largest absolute Gasteiger partial charge is 0.493 e. The lowest BCUT2D eigenvalue weighted by atomic mass is 10.1. The number of ketones is 1. The SMILES string of the molecule is COc1cc(/C=C2\Oc3c(ccc(OC(=O)N(C)C)c3C)C2=O)cc(OC)c1OC. The van der Waals surface area contributed by atoms with Crippen molar-refractivity contribution in [3.63, 3.8) is 0 Å². The molecule has 0 bridgehead atoms. The maximum absolute atomic E-state index is 12.8. The van der Waals surface area contributed by atoms with Crippen molar-refractivity contribution < 1.29 is 33.3 Å². The zero-order valence-corrected chi connectivity index (χ0v) is 17.7. The number of amides is 1. The number of nitrogens with zero attached hydrogens (tertiary/aromatic N) is 1. The predicted octanol–water partition coefficient (Wildman–Crippen LogP) is 3.70. The first-order valence-electron chi connectivity index (χ1n) is 9.07. The summed E-state index contributed by atoms with van der Waals surface area (Å²) < 4.78 is 27.2. The van der Waals surface area contributed by atoms with Crippen molar-refractivity contribution in [1.29, 1.82) is 0 Å². The van der Waals surface area contributed by atoms with Crippen molar-refractivity contribution in [2.45, 2.75) is 6.92 Å². The highest BCUT2D eigenvalue weighted by Gasteiger charge is 2.31. The summed E-state index contributed by atoms with van der Waals surface area (Å²) in [5, 5.41) is 0. The average molecular weight is 413 g/mol. The van der Waals surface area contributed by atoms with E-state index in [0.29, 0.717) is 45.4 Å². The smallest absolute Gasteiger partial charge is 0.414 e. The van der Waals surface area contributed by atoms with Crippen LogP contribution in [-0.4, -0.2) is 52.2 Å². The van der Waals surface area contributed by atoms with Crippen LogP contribution in [0.4, 0.5) is 4.79 Å². The van der Waals surface area contributed by atoms with E-state index in [9.17, 15) is 9.59 Å². The Bertz CT molecular complexity index is 1020. The number of rotatable bonds is 5. The lowest BCUT2D eigenvalue weighted by Crippen LogP contribution is -2.25. The minimum atomic E-state index is -0.518. The van der Waals surface area contributed by atoms with Crippen LogP contribution in [0.5, 0.6) is 28.7 Å². The molecule has 8 nitrogen and oxygen atoms in total. The fourth-order valence-corrected chi connectivity index (χ4v) is 3.00.